The number of aldehydes is 1. The van der Waals surface area contributed by atoms with Crippen LogP contribution in [0.3, 0.4) is 0 Å². The molecular weight excluding hydrogens is 272 g/mol. The Balaban J connectivity index is 2.67. The van der Waals surface area contributed by atoms with E-state index in [1.54, 1.807) is 30.5 Å². The summed E-state index contributed by atoms with van der Waals surface area (Å²) in [7, 11) is 1.51. The van der Waals surface area contributed by atoms with E-state index in [9.17, 15) is 9.59 Å². The summed E-state index contributed by atoms with van der Waals surface area (Å²) in [5.74, 6) is 0.142. The molecule has 0 aliphatic heterocycles. The topological polar surface area (TPSA) is 83.5 Å². The number of esters is 1. The number of fused-ring (bicyclic) bond motifs is 1. The largest absolute Gasteiger partial charge is 0.495 e. The van der Waals surface area contributed by atoms with Gasteiger partial charge in [0.2, 0.25) is 0 Å². The highest BCUT2D eigenvalue weighted by Crippen LogP contribution is 2.35. The summed E-state index contributed by atoms with van der Waals surface area (Å²) in [5, 5.41) is 0.603. The molecule has 112 valence electrons. The molecule has 0 amide bonds. The molecule has 6 heteroatoms. The van der Waals surface area contributed by atoms with Crippen LogP contribution in [0.2, 0.25) is 0 Å². The molecule has 0 spiro atoms. The first kappa shape index (κ1) is 14.9. The molecule has 0 radical (unpaired) electrons. The Morgan fingerprint density at radius 2 is 2.14 bits per heavy atom. The van der Waals surface area contributed by atoms with E-state index >= 15 is 0 Å². The third-order valence-corrected chi connectivity index (χ3v) is 3.47. The van der Waals surface area contributed by atoms with Gasteiger partial charge in [0.05, 0.1) is 24.9 Å². The average molecular weight is 290 g/mol. The lowest BCUT2D eigenvalue weighted by atomic mass is 10.1. The number of rotatable bonds is 5. The minimum atomic E-state index is -0.357. The summed E-state index contributed by atoms with van der Waals surface area (Å²) in [6, 6.07) is 3.50. The molecule has 0 saturated heterocycles. The number of nitrogen functional groups attached to an aromatic ring is 1. The first-order valence-electron chi connectivity index (χ1n) is 6.61. The van der Waals surface area contributed by atoms with Gasteiger partial charge in [-0.3, -0.25) is 9.59 Å². The fourth-order valence-electron chi connectivity index (χ4n) is 2.47. The van der Waals surface area contributed by atoms with Crippen molar-refractivity contribution in [2.75, 3.05) is 19.5 Å². The van der Waals surface area contributed by atoms with Crippen molar-refractivity contribution in [2.45, 2.75) is 20.4 Å². The zero-order valence-electron chi connectivity index (χ0n) is 12.3. The molecule has 2 N–H and O–H groups in total. The number of carbonyl (C=O) groups is 2. The molecule has 2 rings (SSSR count). The maximum absolute atomic E-state index is 11.7. The average Bonchev–Trinajstić information content (AvgIpc) is 2.73. The minimum absolute atomic E-state index is 0.0375. The second-order valence-corrected chi connectivity index (χ2v) is 4.58. The van der Waals surface area contributed by atoms with Crippen LogP contribution >= 0.6 is 0 Å². The molecule has 0 aliphatic carbocycles. The van der Waals surface area contributed by atoms with E-state index in [0.29, 0.717) is 40.2 Å². The number of carbonyl (C=O) groups excluding carboxylic acids is 2. The summed E-state index contributed by atoms with van der Waals surface area (Å²) < 4.78 is 11.9. The van der Waals surface area contributed by atoms with Gasteiger partial charge in [-0.1, -0.05) is 0 Å². The van der Waals surface area contributed by atoms with Crippen molar-refractivity contribution in [3.05, 3.63) is 23.4 Å². The molecule has 1 aromatic heterocycles. The van der Waals surface area contributed by atoms with Crippen molar-refractivity contribution in [2.24, 2.45) is 0 Å². The van der Waals surface area contributed by atoms with Crippen LogP contribution in [0.5, 0.6) is 5.75 Å². The van der Waals surface area contributed by atoms with Crippen LogP contribution in [0.25, 0.3) is 10.9 Å². The Morgan fingerprint density at radius 3 is 2.71 bits per heavy atom. The summed E-state index contributed by atoms with van der Waals surface area (Å²) in [4.78, 5) is 23.1. The fraction of sp³-hybridized carbons (Fsp3) is 0.333. The van der Waals surface area contributed by atoms with Crippen LogP contribution < -0.4 is 10.5 Å². The van der Waals surface area contributed by atoms with Crippen molar-refractivity contribution < 1.29 is 19.1 Å². The van der Waals surface area contributed by atoms with Gasteiger partial charge in [-0.25, -0.2) is 0 Å². The number of hydrogen-bond donors (Lipinski definition) is 1. The van der Waals surface area contributed by atoms with E-state index in [-0.39, 0.29) is 12.5 Å². The van der Waals surface area contributed by atoms with Crippen molar-refractivity contribution >= 4 is 28.8 Å². The summed E-state index contributed by atoms with van der Waals surface area (Å²) in [6.45, 7) is 3.87. The second kappa shape index (κ2) is 5.87. The van der Waals surface area contributed by atoms with Crippen molar-refractivity contribution in [1.29, 1.82) is 0 Å². The number of anilines is 1. The standard InChI is InChI=1S/C15H18N2O4/c1-4-21-13(19)7-17-9(2)10(8-18)14-11(17)5-6-12(20-3)15(14)16/h5-6,8H,4,7,16H2,1-3H3. The van der Waals surface area contributed by atoms with Gasteiger partial charge in [-0.05, 0) is 26.0 Å². The molecule has 0 aliphatic rings. The normalized spacial score (nSPS) is 10.6. The van der Waals surface area contributed by atoms with Gasteiger partial charge in [0, 0.05) is 16.6 Å². The predicted octanol–water partition coefficient (Wildman–Crippen LogP) is 1.92. The van der Waals surface area contributed by atoms with Crippen LogP contribution in [0.15, 0.2) is 12.1 Å². The van der Waals surface area contributed by atoms with E-state index in [0.717, 1.165) is 6.29 Å². The van der Waals surface area contributed by atoms with E-state index in [2.05, 4.69) is 0 Å². The van der Waals surface area contributed by atoms with Gasteiger partial charge in [0.25, 0.3) is 0 Å². The maximum Gasteiger partial charge on any atom is 0.325 e. The van der Waals surface area contributed by atoms with Gasteiger partial charge in [-0.15, -0.1) is 0 Å². The molecule has 1 aromatic carbocycles. The number of nitrogens with zero attached hydrogens (tertiary/aromatic N) is 1. The molecule has 0 saturated carbocycles. The number of methoxy groups -OCH3 is 1. The first-order chi connectivity index (χ1) is 10.0. The third-order valence-electron chi connectivity index (χ3n) is 3.47. The molecule has 0 fully saturated rings. The van der Waals surface area contributed by atoms with Gasteiger partial charge in [0.15, 0.2) is 6.29 Å². The van der Waals surface area contributed by atoms with Gasteiger partial charge in [-0.2, -0.15) is 0 Å². The molecule has 1 heterocycles. The number of hydrogen-bond acceptors (Lipinski definition) is 5. The van der Waals surface area contributed by atoms with Crippen LogP contribution in [-0.4, -0.2) is 30.5 Å². The number of nitrogens with two attached hydrogens (primary N) is 1. The fourth-order valence-corrected chi connectivity index (χ4v) is 2.47. The van der Waals surface area contributed by atoms with Gasteiger partial charge >= 0.3 is 5.97 Å². The first-order valence-corrected chi connectivity index (χ1v) is 6.61. The van der Waals surface area contributed by atoms with Gasteiger partial charge < -0.3 is 19.8 Å². The Hall–Kier alpha value is -2.50. The highest BCUT2D eigenvalue weighted by atomic mass is 16.5. The smallest absolute Gasteiger partial charge is 0.325 e. The number of ether oxygens (including phenoxy) is 2. The Labute approximate surface area is 122 Å². The highest BCUT2D eigenvalue weighted by Gasteiger charge is 2.19. The molecule has 6 nitrogen and oxygen atoms in total. The Kier molecular flexibility index (Phi) is 4.16. The van der Waals surface area contributed by atoms with Crippen LogP contribution in [0, 0.1) is 6.92 Å². The van der Waals surface area contributed by atoms with Gasteiger partial charge in [0.1, 0.15) is 12.3 Å². The lowest BCUT2D eigenvalue weighted by Crippen LogP contribution is -2.14. The lowest BCUT2D eigenvalue weighted by Gasteiger charge is -2.09. The third kappa shape index (κ3) is 2.44. The van der Waals surface area contributed by atoms with Crippen molar-refractivity contribution in [3.63, 3.8) is 0 Å². The molecule has 0 bridgehead atoms. The molecule has 0 atom stereocenters. The quantitative estimate of drug-likeness (QED) is 0.516. The lowest BCUT2D eigenvalue weighted by molar-refractivity contribution is -0.143. The van der Waals surface area contributed by atoms with Crippen molar-refractivity contribution in [1.82, 2.24) is 4.57 Å². The summed E-state index contributed by atoms with van der Waals surface area (Å²) in [6.07, 6.45) is 0.745. The van der Waals surface area contributed by atoms with E-state index < -0.39 is 0 Å². The van der Waals surface area contributed by atoms with E-state index in [1.165, 1.54) is 7.11 Å². The molecule has 2 aromatic rings. The molecule has 21 heavy (non-hydrogen) atoms. The Bertz CT molecular complexity index is 703. The van der Waals surface area contributed by atoms with E-state index in [1.807, 2.05) is 0 Å². The zero-order valence-corrected chi connectivity index (χ0v) is 12.3. The zero-order chi connectivity index (χ0) is 15.6. The second-order valence-electron chi connectivity index (χ2n) is 4.58. The van der Waals surface area contributed by atoms with Crippen LogP contribution in [-0.2, 0) is 16.1 Å². The summed E-state index contributed by atoms with van der Waals surface area (Å²) >= 11 is 0. The number of benzene rings is 1. The monoisotopic (exact) mass is 290 g/mol. The Morgan fingerprint density at radius 1 is 1.43 bits per heavy atom. The molecular formula is C15H18N2O4. The maximum atomic E-state index is 11.7. The molecule has 0 unspecified atom stereocenters. The van der Waals surface area contributed by atoms with Crippen LogP contribution in [0.1, 0.15) is 23.0 Å². The minimum Gasteiger partial charge on any atom is -0.495 e. The highest BCUT2D eigenvalue weighted by molar-refractivity contribution is 6.07. The summed E-state index contributed by atoms with van der Waals surface area (Å²) in [5.41, 5.74) is 8.30. The van der Waals surface area contributed by atoms with Crippen LogP contribution in [0.4, 0.5) is 5.69 Å². The predicted molar refractivity (Wildman–Crippen MR) is 79.7 cm³/mol. The number of aromatic nitrogens is 1. The van der Waals surface area contributed by atoms with E-state index in [4.69, 9.17) is 15.2 Å². The SMILES string of the molecule is CCOC(=O)Cn1c(C)c(C=O)c2c(N)c(OC)ccc21. The van der Waals surface area contributed by atoms with Crippen molar-refractivity contribution in [3.8, 4) is 5.75 Å².